The van der Waals surface area contributed by atoms with Crippen molar-refractivity contribution in [2.24, 2.45) is 0 Å². The Kier molecular flexibility index (Phi) is 7.88. The van der Waals surface area contributed by atoms with Gasteiger partial charge in [-0.2, -0.15) is 4.98 Å². The molecule has 3 atom stereocenters. The van der Waals surface area contributed by atoms with Crippen LogP contribution < -0.4 is 20.9 Å². The number of hydrogen-bond acceptors (Lipinski definition) is 8. The molecule has 0 bridgehead atoms. The van der Waals surface area contributed by atoms with Crippen molar-refractivity contribution in [3.8, 4) is 11.5 Å². The molecule has 1 aliphatic rings. The summed E-state index contributed by atoms with van der Waals surface area (Å²) in [7, 11) is 3.25. The number of nitrogen functional groups attached to an aromatic ring is 1. The maximum Gasteiger partial charge on any atom is 0.351 e. The number of aliphatic hydroxyl groups is 1. The maximum absolute atomic E-state index is 12.5. The number of aliphatic hydroxyl groups excluding tert-OH is 1. The number of methoxy groups -OCH3 is 2. The standard InChI is InChI=1S/C31H33N3O6/c1-20-18-34(30(36)33-29(20)32)28-17-26(35)27(40-28)19-39-31(21-7-5-4-6-8-21,22-9-13-24(37-2)14-10-22)23-11-15-25(38-3)16-12-23/h4-16,18,26-28,35H,17,19H2,1-3H3,(H2,32,33,36)/t26-,27+,28+/m0/s1. The summed E-state index contributed by atoms with van der Waals surface area (Å²) in [6.45, 7) is 1.81. The summed E-state index contributed by atoms with van der Waals surface area (Å²) in [5, 5.41) is 11.0. The van der Waals surface area contributed by atoms with Gasteiger partial charge in [-0.3, -0.25) is 4.57 Å². The molecule has 0 spiro atoms. The molecule has 0 unspecified atom stereocenters. The van der Waals surface area contributed by atoms with Crippen molar-refractivity contribution < 1.29 is 24.1 Å². The summed E-state index contributed by atoms with van der Waals surface area (Å²) in [5.74, 6) is 1.61. The quantitative estimate of drug-likeness (QED) is 0.306. The molecular weight excluding hydrogens is 510 g/mol. The molecule has 3 N–H and O–H groups in total. The Labute approximate surface area is 232 Å². The van der Waals surface area contributed by atoms with Crippen LogP contribution in [0.2, 0.25) is 0 Å². The average molecular weight is 544 g/mol. The zero-order valence-corrected chi connectivity index (χ0v) is 22.7. The van der Waals surface area contributed by atoms with Crippen LogP contribution >= 0.6 is 0 Å². The Hall–Kier alpha value is -4.18. The van der Waals surface area contributed by atoms with E-state index in [4.69, 9.17) is 24.7 Å². The minimum Gasteiger partial charge on any atom is -0.497 e. The van der Waals surface area contributed by atoms with Gasteiger partial charge in [0.2, 0.25) is 0 Å². The van der Waals surface area contributed by atoms with Gasteiger partial charge in [-0.05, 0) is 47.9 Å². The van der Waals surface area contributed by atoms with E-state index in [0.29, 0.717) is 5.56 Å². The lowest BCUT2D eigenvalue weighted by Gasteiger charge is -2.37. The molecule has 9 nitrogen and oxygen atoms in total. The van der Waals surface area contributed by atoms with Crippen molar-refractivity contribution in [2.75, 3.05) is 26.6 Å². The summed E-state index contributed by atoms with van der Waals surface area (Å²) in [5.41, 5.74) is 7.47. The predicted octanol–water partition coefficient (Wildman–Crippen LogP) is 3.81. The van der Waals surface area contributed by atoms with Gasteiger partial charge in [0.1, 0.15) is 35.2 Å². The van der Waals surface area contributed by atoms with Crippen LogP contribution in [0, 0.1) is 6.92 Å². The molecular formula is C31H33N3O6. The first-order valence-electron chi connectivity index (χ1n) is 13.0. The SMILES string of the molecule is COc1ccc(C(OC[C@H]2O[C@@H](n3cc(C)c(N)nc3=O)C[C@@H]2O)(c2ccccc2)c2ccc(OC)cc2)cc1. The molecule has 0 saturated carbocycles. The van der Waals surface area contributed by atoms with Gasteiger partial charge in [0.05, 0.1) is 26.9 Å². The predicted molar refractivity (Wildman–Crippen MR) is 150 cm³/mol. The van der Waals surface area contributed by atoms with Gasteiger partial charge in [-0.15, -0.1) is 0 Å². The first-order valence-corrected chi connectivity index (χ1v) is 13.0. The molecule has 1 saturated heterocycles. The third-order valence-corrected chi connectivity index (χ3v) is 7.33. The van der Waals surface area contributed by atoms with Crippen LogP contribution in [0.3, 0.4) is 0 Å². The number of anilines is 1. The second-order valence-electron chi connectivity index (χ2n) is 9.75. The van der Waals surface area contributed by atoms with Gasteiger partial charge < -0.3 is 29.8 Å². The van der Waals surface area contributed by atoms with Gasteiger partial charge in [0, 0.05) is 18.2 Å². The molecule has 0 amide bonds. The summed E-state index contributed by atoms with van der Waals surface area (Å²) < 4.78 is 25.2. The number of hydrogen-bond donors (Lipinski definition) is 2. The lowest BCUT2D eigenvalue weighted by atomic mass is 9.80. The summed E-state index contributed by atoms with van der Waals surface area (Å²) in [4.78, 5) is 16.4. The highest BCUT2D eigenvalue weighted by molar-refractivity contribution is 5.49. The van der Waals surface area contributed by atoms with E-state index in [0.717, 1.165) is 28.2 Å². The Morgan fingerprint density at radius 1 is 0.950 bits per heavy atom. The number of rotatable bonds is 9. The van der Waals surface area contributed by atoms with Crippen molar-refractivity contribution in [1.82, 2.24) is 9.55 Å². The minimum atomic E-state index is -1.06. The Balaban J connectivity index is 1.53. The van der Waals surface area contributed by atoms with Crippen molar-refractivity contribution in [1.29, 1.82) is 0 Å². The summed E-state index contributed by atoms with van der Waals surface area (Å²) >= 11 is 0. The smallest absolute Gasteiger partial charge is 0.351 e. The van der Waals surface area contributed by atoms with Gasteiger partial charge >= 0.3 is 5.69 Å². The van der Waals surface area contributed by atoms with Crippen LogP contribution in [0.4, 0.5) is 5.82 Å². The third kappa shape index (κ3) is 5.19. The van der Waals surface area contributed by atoms with Crippen molar-refractivity contribution in [2.45, 2.75) is 37.4 Å². The number of aromatic nitrogens is 2. The van der Waals surface area contributed by atoms with E-state index in [1.165, 1.54) is 4.57 Å². The zero-order valence-electron chi connectivity index (χ0n) is 22.7. The van der Waals surface area contributed by atoms with E-state index in [1.807, 2.05) is 78.9 Å². The van der Waals surface area contributed by atoms with Gasteiger partial charge in [-0.1, -0.05) is 54.6 Å². The number of ether oxygens (including phenoxy) is 4. The molecule has 1 aliphatic heterocycles. The third-order valence-electron chi connectivity index (χ3n) is 7.33. The molecule has 9 heteroatoms. The maximum atomic E-state index is 12.5. The topological polar surface area (TPSA) is 118 Å². The molecule has 208 valence electrons. The Morgan fingerprint density at radius 2 is 1.50 bits per heavy atom. The summed E-state index contributed by atoms with van der Waals surface area (Å²) in [6, 6.07) is 25.3. The molecule has 0 radical (unpaired) electrons. The fourth-order valence-electron chi connectivity index (χ4n) is 5.10. The van der Waals surface area contributed by atoms with E-state index in [9.17, 15) is 9.90 Å². The molecule has 4 aromatic rings. The number of benzene rings is 3. The van der Waals surface area contributed by atoms with Crippen LogP contribution in [0.5, 0.6) is 11.5 Å². The summed E-state index contributed by atoms with van der Waals surface area (Å²) in [6.07, 6.45) is -0.447. The van der Waals surface area contributed by atoms with E-state index in [2.05, 4.69) is 4.98 Å². The molecule has 40 heavy (non-hydrogen) atoms. The highest BCUT2D eigenvalue weighted by Gasteiger charge is 2.42. The Bertz CT molecular complexity index is 1440. The highest BCUT2D eigenvalue weighted by Crippen LogP contribution is 2.42. The second kappa shape index (κ2) is 11.5. The van der Waals surface area contributed by atoms with Gasteiger partial charge in [0.25, 0.3) is 0 Å². The Morgan fingerprint density at radius 3 is 2.05 bits per heavy atom. The first kappa shape index (κ1) is 27.4. The van der Waals surface area contributed by atoms with Gasteiger partial charge in [-0.25, -0.2) is 4.79 Å². The first-order chi connectivity index (χ1) is 19.3. The van der Waals surface area contributed by atoms with E-state index in [1.54, 1.807) is 27.3 Å². The van der Waals surface area contributed by atoms with Crippen LogP contribution in [-0.2, 0) is 15.1 Å². The molecule has 5 rings (SSSR count). The van der Waals surface area contributed by atoms with E-state index < -0.39 is 29.7 Å². The highest BCUT2D eigenvalue weighted by atomic mass is 16.6. The lowest BCUT2D eigenvalue weighted by Crippen LogP contribution is -2.38. The number of nitrogens with two attached hydrogens (primary N) is 1. The largest absolute Gasteiger partial charge is 0.497 e. The molecule has 0 aliphatic carbocycles. The average Bonchev–Trinajstić information content (AvgIpc) is 3.36. The number of nitrogens with zero attached hydrogens (tertiary/aromatic N) is 2. The van der Waals surface area contributed by atoms with Crippen molar-refractivity contribution in [3.63, 3.8) is 0 Å². The van der Waals surface area contributed by atoms with E-state index >= 15 is 0 Å². The lowest BCUT2D eigenvalue weighted by molar-refractivity contribution is -0.0944. The minimum absolute atomic E-state index is 0.0424. The van der Waals surface area contributed by atoms with Crippen LogP contribution in [-0.4, -0.2) is 47.7 Å². The van der Waals surface area contributed by atoms with E-state index in [-0.39, 0.29) is 18.8 Å². The van der Waals surface area contributed by atoms with Crippen molar-refractivity contribution >= 4 is 5.82 Å². The molecule has 1 fully saturated rings. The monoisotopic (exact) mass is 543 g/mol. The zero-order chi connectivity index (χ0) is 28.3. The fraction of sp³-hybridized carbons (Fsp3) is 0.290. The van der Waals surface area contributed by atoms with Gasteiger partial charge in [0.15, 0.2) is 0 Å². The molecule has 1 aromatic heterocycles. The number of aryl methyl sites for hydroxylation is 1. The fourth-order valence-corrected chi connectivity index (χ4v) is 5.10. The van der Waals surface area contributed by atoms with Crippen LogP contribution in [0.25, 0.3) is 0 Å². The second-order valence-corrected chi connectivity index (χ2v) is 9.75. The molecule has 2 heterocycles. The van der Waals surface area contributed by atoms with Crippen LogP contribution in [0.15, 0.2) is 89.9 Å². The van der Waals surface area contributed by atoms with Crippen molar-refractivity contribution in [3.05, 3.63) is 118 Å². The normalized spacial score (nSPS) is 18.9. The molecule has 3 aromatic carbocycles. The van der Waals surface area contributed by atoms with Crippen LogP contribution in [0.1, 0.15) is 34.9 Å².